The van der Waals surface area contributed by atoms with Crippen molar-refractivity contribution in [2.45, 2.75) is 13.3 Å². The second-order valence-corrected chi connectivity index (χ2v) is 5.20. The maximum absolute atomic E-state index is 11.3. The minimum absolute atomic E-state index is 0.0775. The second kappa shape index (κ2) is 6.20. The molecule has 1 N–H and O–H groups in total. The number of amides is 1. The molecule has 0 unspecified atom stereocenters. The molecule has 1 heterocycles. The lowest BCUT2D eigenvalue weighted by atomic mass is 10.1. The van der Waals surface area contributed by atoms with Crippen LogP contribution in [0.5, 0.6) is 0 Å². The third-order valence-electron chi connectivity index (χ3n) is 3.40. The van der Waals surface area contributed by atoms with Crippen molar-refractivity contribution < 1.29 is 9.21 Å². The molecule has 3 aromatic rings. The van der Waals surface area contributed by atoms with Crippen LogP contribution in [0.2, 0.25) is 0 Å². The largest absolute Gasteiger partial charge is 0.436 e. The number of benzene rings is 2. The number of alkyl halides is 1. The van der Waals surface area contributed by atoms with Gasteiger partial charge in [0.2, 0.25) is 11.8 Å². The lowest BCUT2D eigenvalue weighted by molar-refractivity contribution is -0.113. The molecule has 2 aromatic carbocycles. The Bertz CT molecular complexity index is 809. The van der Waals surface area contributed by atoms with Crippen molar-refractivity contribution in [2.75, 3.05) is 11.2 Å². The molecule has 0 saturated carbocycles. The number of nitrogens with zero attached hydrogens (tertiary/aromatic N) is 1. The monoisotopic (exact) mass is 314 g/mol. The summed E-state index contributed by atoms with van der Waals surface area (Å²) in [6.45, 7) is 2.12. The van der Waals surface area contributed by atoms with E-state index in [0.29, 0.717) is 22.7 Å². The molecule has 0 saturated heterocycles. The van der Waals surface area contributed by atoms with Gasteiger partial charge in [-0.25, -0.2) is 4.98 Å². The molecule has 0 atom stereocenters. The van der Waals surface area contributed by atoms with Gasteiger partial charge in [-0.05, 0) is 42.3 Å². The molecule has 1 aromatic heterocycles. The van der Waals surface area contributed by atoms with Gasteiger partial charge in [0.15, 0.2) is 5.58 Å². The number of hydrogen-bond donors (Lipinski definition) is 1. The molecular formula is C17H15ClN2O2. The number of carbonyl (C=O) groups is 1. The Labute approximate surface area is 133 Å². The van der Waals surface area contributed by atoms with Gasteiger partial charge in [-0.3, -0.25) is 4.79 Å². The summed E-state index contributed by atoms with van der Waals surface area (Å²) in [6, 6.07) is 13.5. The summed E-state index contributed by atoms with van der Waals surface area (Å²) in [6.07, 6.45) is 0.997. The molecule has 0 bridgehead atoms. The molecule has 0 spiro atoms. The Morgan fingerprint density at radius 1 is 1.23 bits per heavy atom. The van der Waals surface area contributed by atoms with Crippen molar-refractivity contribution in [1.29, 1.82) is 0 Å². The van der Waals surface area contributed by atoms with E-state index in [1.807, 2.05) is 12.1 Å². The second-order valence-electron chi connectivity index (χ2n) is 4.93. The number of carbonyl (C=O) groups excluding carboxylic acids is 1. The number of halogens is 1. The topological polar surface area (TPSA) is 55.1 Å². The molecule has 0 radical (unpaired) electrons. The minimum atomic E-state index is -0.250. The molecular weight excluding hydrogens is 300 g/mol. The molecule has 4 nitrogen and oxygen atoms in total. The normalized spacial score (nSPS) is 10.8. The molecule has 0 aliphatic heterocycles. The summed E-state index contributed by atoms with van der Waals surface area (Å²) in [5.74, 6) is 0.240. The fourth-order valence-electron chi connectivity index (χ4n) is 2.21. The zero-order chi connectivity index (χ0) is 15.5. The van der Waals surface area contributed by atoms with Gasteiger partial charge in [0.1, 0.15) is 11.4 Å². The number of aromatic nitrogens is 1. The van der Waals surface area contributed by atoms with Gasteiger partial charge in [-0.1, -0.05) is 19.1 Å². The number of oxazole rings is 1. The van der Waals surface area contributed by atoms with Gasteiger partial charge in [0.25, 0.3) is 0 Å². The van der Waals surface area contributed by atoms with Crippen LogP contribution < -0.4 is 5.32 Å². The molecule has 0 aliphatic rings. The summed E-state index contributed by atoms with van der Waals surface area (Å²) in [5, 5.41) is 2.70. The molecule has 1 amide bonds. The average Bonchev–Trinajstić information content (AvgIpc) is 2.98. The van der Waals surface area contributed by atoms with Crippen molar-refractivity contribution in [3.63, 3.8) is 0 Å². The Morgan fingerprint density at radius 2 is 2.00 bits per heavy atom. The number of fused-ring (bicyclic) bond motifs is 1. The van der Waals surface area contributed by atoms with Crippen LogP contribution in [0.1, 0.15) is 12.5 Å². The quantitative estimate of drug-likeness (QED) is 0.733. The highest BCUT2D eigenvalue weighted by Crippen LogP contribution is 2.26. The fraction of sp³-hybridized carbons (Fsp3) is 0.176. The molecule has 112 valence electrons. The van der Waals surface area contributed by atoms with Crippen LogP contribution in [0.15, 0.2) is 46.9 Å². The number of hydrogen-bond acceptors (Lipinski definition) is 3. The van der Waals surface area contributed by atoms with E-state index in [-0.39, 0.29) is 11.8 Å². The first kappa shape index (κ1) is 14.6. The summed E-state index contributed by atoms with van der Waals surface area (Å²) in [5.41, 5.74) is 4.23. The van der Waals surface area contributed by atoms with Gasteiger partial charge < -0.3 is 9.73 Å². The van der Waals surface area contributed by atoms with E-state index in [1.54, 1.807) is 18.2 Å². The van der Waals surface area contributed by atoms with Crippen LogP contribution in [0.4, 0.5) is 5.69 Å². The van der Waals surface area contributed by atoms with E-state index >= 15 is 0 Å². The zero-order valence-corrected chi connectivity index (χ0v) is 12.9. The standard InChI is InChI=1S/C17H15ClN2O2/c1-2-11-3-5-12(6-4-11)17-20-14-9-13(19-16(21)10-18)7-8-15(14)22-17/h3-9H,2,10H2,1H3,(H,19,21). The van der Waals surface area contributed by atoms with Crippen molar-refractivity contribution in [3.8, 4) is 11.5 Å². The van der Waals surface area contributed by atoms with Crippen LogP contribution in [0.25, 0.3) is 22.6 Å². The molecule has 5 heteroatoms. The van der Waals surface area contributed by atoms with Crippen LogP contribution in [-0.4, -0.2) is 16.8 Å². The highest BCUT2D eigenvalue weighted by molar-refractivity contribution is 6.29. The predicted molar refractivity (Wildman–Crippen MR) is 88.2 cm³/mol. The summed E-state index contributed by atoms with van der Waals surface area (Å²) < 4.78 is 5.76. The summed E-state index contributed by atoms with van der Waals surface area (Å²) in [7, 11) is 0. The lowest BCUT2D eigenvalue weighted by Crippen LogP contribution is -2.12. The van der Waals surface area contributed by atoms with Crippen molar-refractivity contribution in [1.82, 2.24) is 4.98 Å². The number of rotatable bonds is 4. The molecule has 22 heavy (non-hydrogen) atoms. The molecule has 0 fully saturated rings. The van der Waals surface area contributed by atoms with Gasteiger partial charge in [0, 0.05) is 11.3 Å². The van der Waals surface area contributed by atoms with E-state index in [4.69, 9.17) is 16.0 Å². The fourth-order valence-corrected chi connectivity index (χ4v) is 2.27. The number of aryl methyl sites for hydroxylation is 1. The van der Waals surface area contributed by atoms with Gasteiger partial charge in [0.05, 0.1) is 0 Å². The molecule has 0 aliphatic carbocycles. The van der Waals surface area contributed by atoms with Gasteiger partial charge in [-0.2, -0.15) is 0 Å². The van der Waals surface area contributed by atoms with E-state index in [9.17, 15) is 4.79 Å². The minimum Gasteiger partial charge on any atom is -0.436 e. The van der Waals surface area contributed by atoms with Crippen LogP contribution in [0, 0.1) is 0 Å². The first-order valence-corrected chi connectivity index (χ1v) is 7.58. The first-order valence-electron chi connectivity index (χ1n) is 7.05. The van der Waals surface area contributed by atoms with E-state index in [1.165, 1.54) is 5.56 Å². The van der Waals surface area contributed by atoms with Crippen molar-refractivity contribution in [3.05, 3.63) is 48.0 Å². The van der Waals surface area contributed by atoms with Crippen molar-refractivity contribution in [2.24, 2.45) is 0 Å². The lowest BCUT2D eigenvalue weighted by Gasteiger charge is -2.01. The van der Waals surface area contributed by atoms with E-state index in [0.717, 1.165) is 12.0 Å². The number of nitrogens with one attached hydrogen (secondary N) is 1. The maximum atomic E-state index is 11.3. The average molecular weight is 315 g/mol. The third-order valence-corrected chi connectivity index (χ3v) is 3.64. The Morgan fingerprint density at radius 3 is 2.68 bits per heavy atom. The highest BCUT2D eigenvalue weighted by atomic mass is 35.5. The van der Waals surface area contributed by atoms with Crippen LogP contribution >= 0.6 is 11.6 Å². The van der Waals surface area contributed by atoms with E-state index < -0.39 is 0 Å². The Hall–Kier alpha value is -2.33. The van der Waals surface area contributed by atoms with Crippen LogP contribution in [-0.2, 0) is 11.2 Å². The van der Waals surface area contributed by atoms with Crippen molar-refractivity contribution >= 4 is 34.3 Å². The van der Waals surface area contributed by atoms with E-state index in [2.05, 4.69) is 29.4 Å². The first-order chi connectivity index (χ1) is 10.7. The molecule has 3 rings (SSSR count). The number of anilines is 1. The summed E-state index contributed by atoms with van der Waals surface area (Å²) >= 11 is 5.48. The predicted octanol–water partition coefficient (Wildman–Crippen LogP) is 4.23. The summed E-state index contributed by atoms with van der Waals surface area (Å²) in [4.78, 5) is 15.8. The third kappa shape index (κ3) is 2.97. The van der Waals surface area contributed by atoms with Crippen LogP contribution in [0.3, 0.4) is 0 Å². The van der Waals surface area contributed by atoms with Gasteiger partial charge >= 0.3 is 0 Å². The Balaban J connectivity index is 1.93. The Kier molecular flexibility index (Phi) is 4.11. The SMILES string of the molecule is CCc1ccc(-c2nc3cc(NC(=O)CCl)ccc3o2)cc1. The zero-order valence-electron chi connectivity index (χ0n) is 12.1. The smallest absolute Gasteiger partial charge is 0.239 e. The van der Waals surface area contributed by atoms with Gasteiger partial charge in [-0.15, -0.1) is 11.6 Å². The highest BCUT2D eigenvalue weighted by Gasteiger charge is 2.09. The maximum Gasteiger partial charge on any atom is 0.239 e.